The number of hydrogen-bond acceptors (Lipinski definition) is 6. The smallest absolute Gasteiger partial charge is 0.192 e. The highest BCUT2D eigenvalue weighted by atomic mass is 28.4. The van der Waals surface area contributed by atoms with Gasteiger partial charge in [-0.25, -0.2) is 0 Å². The van der Waals surface area contributed by atoms with Gasteiger partial charge >= 0.3 is 0 Å². The third kappa shape index (κ3) is 17.8. The second-order valence-corrected chi connectivity index (χ2v) is 43.2. The summed E-state index contributed by atoms with van der Waals surface area (Å²) in [4.78, 5) is 4.17. The molecule has 0 atom stereocenters. The zero-order valence-corrected chi connectivity index (χ0v) is 50.0. The standard InChI is InChI=1S/C56H88N2O4Si4/c1-53(2,3)63(17,18)59-41-47(49(43-61-65(21,22)55(7,8)9)35-29-45-31-37-51(38-32-45)57(13)14)27-25-26-28-48(42-60-64(19,20)54(4,5)6)50(44-62-66(23,24)56(10,11)12)36-30-46-33-39-52(40-34-46)58(15)16/h31-34,37-40H,41-44H2,1-24H3/b49-47+,50-48+. The highest BCUT2D eigenvalue weighted by Gasteiger charge is 2.40. The molecule has 0 aliphatic heterocycles. The maximum atomic E-state index is 6.89. The molecule has 2 aromatic carbocycles. The van der Waals surface area contributed by atoms with E-state index in [-0.39, 0.29) is 20.2 Å². The fourth-order valence-corrected chi connectivity index (χ4v) is 8.62. The van der Waals surface area contributed by atoms with Gasteiger partial charge in [0.15, 0.2) is 33.3 Å². The Kier molecular flexibility index (Phi) is 20.6. The van der Waals surface area contributed by atoms with Crippen molar-refractivity contribution >= 4 is 44.6 Å². The van der Waals surface area contributed by atoms with Gasteiger partial charge in [0.2, 0.25) is 0 Å². The monoisotopic (exact) mass is 965 g/mol. The minimum absolute atomic E-state index is 0.00512. The van der Waals surface area contributed by atoms with Crippen LogP contribution in [0.15, 0.2) is 70.8 Å². The highest BCUT2D eigenvalue weighted by molar-refractivity contribution is 6.75. The molecule has 0 fully saturated rings. The topological polar surface area (TPSA) is 43.4 Å². The summed E-state index contributed by atoms with van der Waals surface area (Å²) >= 11 is 0. The van der Waals surface area contributed by atoms with Gasteiger partial charge in [-0.2, -0.15) is 0 Å². The summed E-state index contributed by atoms with van der Waals surface area (Å²) in [5.74, 6) is 27.4. The Morgan fingerprint density at radius 2 is 0.591 bits per heavy atom. The summed E-state index contributed by atoms with van der Waals surface area (Å²) in [6.07, 6.45) is 0. The van der Waals surface area contributed by atoms with Crippen LogP contribution in [0.25, 0.3) is 0 Å². The number of hydrogen-bond donors (Lipinski definition) is 0. The fourth-order valence-electron chi connectivity index (χ4n) is 4.87. The summed E-state index contributed by atoms with van der Waals surface area (Å²) in [7, 11) is -0.544. The Balaban J connectivity index is 3.04. The van der Waals surface area contributed by atoms with Crippen LogP contribution in [0, 0.1) is 47.4 Å². The van der Waals surface area contributed by atoms with Gasteiger partial charge in [0.05, 0.1) is 26.4 Å². The van der Waals surface area contributed by atoms with E-state index in [4.69, 9.17) is 17.7 Å². The molecule has 0 spiro atoms. The van der Waals surface area contributed by atoms with Crippen LogP contribution in [0.2, 0.25) is 72.5 Å². The van der Waals surface area contributed by atoms with Crippen molar-refractivity contribution in [2.45, 2.75) is 156 Å². The SMILES string of the molecule is CN(C)c1ccc(C#C/C(CO[Si](C)(C)C(C)(C)C)=C(/C#CC#C/C(CO[Si](C)(C)C(C)(C)C)=C(/C#Cc2ccc(N(C)C)cc2)CO[Si](C)(C)C(C)(C)C)CO[Si](C)(C)C(C)(C)C)cc1. The Bertz CT molecular complexity index is 2100. The molecule has 0 radical (unpaired) electrons. The van der Waals surface area contributed by atoms with E-state index in [0.29, 0.717) is 26.4 Å². The normalized spacial score (nSPS) is 13.6. The summed E-state index contributed by atoms with van der Waals surface area (Å²) in [5.41, 5.74) is 7.28. The van der Waals surface area contributed by atoms with E-state index in [9.17, 15) is 0 Å². The number of rotatable bonds is 14. The van der Waals surface area contributed by atoms with Gasteiger partial charge in [-0.1, -0.05) is 119 Å². The van der Waals surface area contributed by atoms with Crippen LogP contribution in [0.4, 0.5) is 11.4 Å². The fraction of sp³-hybridized carbons (Fsp3) is 0.571. The lowest BCUT2D eigenvalue weighted by molar-refractivity contribution is 0.308. The van der Waals surface area contributed by atoms with E-state index in [1.165, 1.54) is 0 Å². The molecule has 2 aromatic rings. The number of nitrogens with zero attached hydrogens (tertiary/aromatic N) is 2. The van der Waals surface area contributed by atoms with Gasteiger partial charge in [0.25, 0.3) is 0 Å². The first-order valence-electron chi connectivity index (χ1n) is 23.5. The molecule has 6 nitrogen and oxygen atoms in total. The van der Waals surface area contributed by atoms with Crippen molar-refractivity contribution in [3.05, 3.63) is 82.0 Å². The van der Waals surface area contributed by atoms with Crippen LogP contribution >= 0.6 is 0 Å². The van der Waals surface area contributed by atoms with Gasteiger partial charge < -0.3 is 27.5 Å². The van der Waals surface area contributed by atoms with Gasteiger partial charge in [0, 0.05) is 73.0 Å². The van der Waals surface area contributed by atoms with Crippen LogP contribution in [-0.4, -0.2) is 87.9 Å². The molecule has 0 unspecified atom stereocenters. The van der Waals surface area contributed by atoms with Crippen LogP contribution in [0.3, 0.4) is 0 Å². The van der Waals surface area contributed by atoms with Crippen molar-refractivity contribution in [3.63, 3.8) is 0 Å². The molecule has 0 heterocycles. The highest BCUT2D eigenvalue weighted by Crippen LogP contribution is 2.40. The molecule has 0 aliphatic carbocycles. The second-order valence-electron chi connectivity index (χ2n) is 24.0. The Morgan fingerprint density at radius 1 is 0.379 bits per heavy atom. The molecule has 10 heteroatoms. The average molecular weight is 966 g/mol. The summed E-state index contributed by atoms with van der Waals surface area (Å²) < 4.78 is 27.5. The molecular weight excluding hydrogens is 877 g/mol. The lowest BCUT2D eigenvalue weighted by Crippen LogP contribution is -2.42. The second kappa shape index (κ2) is 23.2. The average Bonchev–Trinajstić information content (AvgIpc) is 3.17. The predicted molar refractivity (Wildman–Crippen MR) is 297 cm³/mol. The molecule has 0 bridgehead atoms. The van der Waals surface area contributed by atoms with Crippen LogP contribution in [0.5, 0.6) is 0 Å². The van der Waals surface area contributed by atoms with Crippen molar-refractivity contribution < 1.29 is 17.7 Å². The van der Waals surface area contributed by atoms with E-state index in [1.807, 2.05) is 28.2 Å². The molecule has 0 saturated heterocycles. The molecule has 0 aromatic heterocycles. The van der Waals surface area contributed by atoms with Crippen LogP contribution in [-0.2, 0) is 17.7 Å². The molecule has 0 amide bonds. The Labute approximate surface area is 409 Å². The molecular formula is C56H88N2O4Si4. The minimum atomic E-state index is -2.19. The molecule has 0 N–H and O–H groups in total. The zero-order chi connectivity index (χ0) is 50.7. The zero-order valence-electron chi connectivity index (χ0n) is 46.0. The van der Waals surface area contributed by atoms with E-state index in [0.717, 1.165) is 44.8 Å². The summed E-state index contributed by atoms with van der Waals surface area (Å²) in [6, 6.07) is 16.6. The third-order valence-electron chi connectivity index (χ3n) is 14.2. The molecule has 0 aliphatic rings. The van der Waals surface area contributed by atoms with Crippen molar-refractivity contribution in [1.82, 2.24) is 0 Å². The lowest BCUT2D eigenvalue weighted by atomic mass is 10.1. The maximum Gasteiger partial charge on any atom is 0.192 e. The van der Waals surface area contributed by atoms with E-state index >= 15 is 0 Å². The maximum absolute atomic E-state index is 6.89. The Hall–Kier alpha value is -3.53. The summed E-state index contributed by atoms with van der Waals surface area (Å²) in [6.45, 7) is 46.6. The van der Waals surface area contributed by atoms with Gasteiger partial charge in [-0.15, -0.1) is 0 Å². The van der Waals surface area contributed by atoms with Gasteiger partial charge in [0.1, 0.15) is 0 Å². The van der Waals surface area contributed by atoms with E-state index in [1.54, 1.807) is 0 Å². The summed E-state index contributed by atoms with van der Waals surface area (Å²) in [5, 5.41) is 0.0426. The predicted octanol–water partition coefficient (Wildman–Crippen LogP) is 13.9. The van der Waals surface area contributed by atoms with Crippen molar-refractivity contribution in [1.29, 1.82) is 0 Å². The Morgan fingerprint density at radius 3 is 0.788 bits per heavy atom. The molecule has 2 rings (SSSR count). The number of anilines is 2. The van der Waals surface area contributed by atoms with Gasteiger partial charge in [-0.3, -0.25) is 0 Å². The number of benzene rings is 2. The molecule has 0 saturated carbocycles. The molecule has 362 valence electrons. The largest absolute Gasteiger partial charge is 0.412 e. The van der Waals surface area contributed by atoms with Crippen molar-refractivity contribution in [2.24, 2.45) is 0 Å². The third-order valence-corrected chi connectivity index (χ3v) is 32.1. The van der Waals surface area contributed by atoms with Crippen molar-refractivity contribution in [2.75, 3.05) is 64.4 Å². The quantitative estimate of drug-likeness (QED) is 0.139. The van der Waals surface area contributed by atoms with E-state index in [2.05, 4.69) is 241 Å². The first-order chi connectivity index (χ1) is 29.9. The van der Waals surface area contributed by atoms with Crippen LogP contribution < -0.4 is 9.80 Å². The minimum Gasteiger partial charge on any atom is -0.412 e. The first-order valence-corrected chi connectivity index (χ1v) is 35.1. The van der Waals surface area contributed by atoms with E-state index < -0.39 is 33.3 Å². The van der Waals surface area contributed by atoms with Crippen LogP contribution in [0.1, 0.15) is 94.2 Å². The molecule has 66 heavy (non-hydrogen) atoms. The van der Waals surface area contributed by atoms with Gasteiger partial charge in [-0.05, 0) is 133 Å². The van der Waals surface area contributed by atoms with Crippen molar-refractivity contribution in [3.8, 4) is 47.4 Å². The first kappa shape index (κ1) is 58.6. The lowest BCUT2D eigenvalue weighted by Gasteiger charge is -2.37.